The number of para-hydroxylation sites is 1. The Morgan fingerprint density at radius 3 is 2.36 bits per heavy atom. The van der Waals surface area contributed by atoms with Crippen molar-refractivity contribution in [2.45, 2.75) is 13.0 Å². The minimum absolute atomic E-state index is 0.200. The van der Waals surface area contributed by atoms with Gasteiger partial charge >= 0.3 is 5.97 Å². The van der Waals surface area contributed by atoms with Crippen LogP contribution in [0.3, 0.4) is 0 Å². The fourth-order valence-corrected chi connectivity index (χ4v) is 1.31. The molecule has 3 nitrogen and oxygen atoms in total. The summed E-state index contributed by atoms with van der Waals surface area (Å²) < 4.78 is 5.07. The largest absolute Gasteiger partial charge is 0.479 e. The van der Waals surface area contributed by atoms with Gasteiger partial charge in [0.2, 0.25) is 0 Å². The van der Waals surface area contributed by atoms with E-state index in [9.17, 15) is 4.79 Å². The first-order chi connectivity index (χ1) is 6.52. The predicted molar refractivity (Wildman–Crippen MR) is 54.2 cm³/mol. The highest BCUT2D eigenvalue weighted by molar-refractivity contribution is 6.37. The first-order valence-electron chi connectivity index (χ1n) is 3.86. The van der Waals surface area contributed by atoms with Crippen molar-refractivity contribution in [3.05, 3.63) is 28.2 Å². The maximum absolute atomic E-state index is 10.5. The van der Waals surface area contributed by atoms with Gasteiger partial charge in [-0.15, -0.1) is 0 Å². The van der Waals surface area contributed by atoms with Crippen molar-refractivity contribution in [1.29, 1.82) is 0 Å². The van der Waals surface area contributed by atoms with E-state index >= 15 is 0 Å². The van der Waals surface area contributed by atoms with Gasteiger partial charge in [-0.1, -0.05) is 29.3 Å². The molecule has 0 heterocycles. The summed E-state index contributed by atoms with van der Waals surface area (Å²) >= 11 is 11.6. The monoisotopic (exact) mass is 234 g/mol. The molecule has 1 rings (SSSR count). The maximum atomic E-state index is 10.5. The van der Waals surface area contributed by atoms with E-state index in [2.05, 4.69) is 0 Å². The van der Waals surface area contributed by atoms with Crippen LogP contribution in [0.25, 0.3) is 0 Å². The second kappa shape index (κ2) is 4.53. The molecule has 0 aromatic heterocycles. The predicted octanol–water partition coefficient (Wildman–Crippen LogP) is 2.85. The number of carbonyl (C=O) groups is 1. The Morgan fingerprint density at radius 2 is 1.93 bits per heavy atom. The molecule has 0 saturated heterocycles. The Kier molecular flexibility index (Phi) is 3.61. The van der Waals surface area contributed by atoms with Crippen molar-refractivity contribution in [2.75, 3.05) is 0 Å². The zero-order valence-electron chi connectivity index (χ0n) is 7.33. The number of ether oxygens (including phenoxy) is 1. The van der Waals surface area contributed by atoms with Gasteiger partial charge in [0.1, 0.15) is 0 Å². The van der Waals surface area contributed by atoms with Crippen LogP contribution in [0.1, 0.15) is 6.92 Å². The minimum atomic E-state index is -1.07. The molecule has 0 unspecified atom stereocenters. The molecule has 0 saturated carbocycles. The van der Waals surface area contributed by atoms with Crippen LogP contribution in [0.2, 0.25) is 10.0 Å². The van der Waals surface area contributed by atoms with E-state index in [4.69, 9.17) is 33.0 Å². The summed E-state index contributed by atoms with van der Waals surface area (Å²) in [7, 11) is 0. The summed E-state index contributed by atoms with van der Waals surface area (Å²) in [6.07, 6.45) is -0.979. The topological polar surface area (TPSA) is 46.5 Å². The lowest BCUT2D eigenvalue weighted by Crippen LogP contribution is -2.23. The fraction of sp³-hybridized carbons (Fsp3) is 0.222. The molecule has 0 aliphatic carbocycles. The molecule has 0 aliphatic heterocycles. The third-order valence-corrected chi connectivity index (χ3v) is 2.16. The van der Waals surface area contributed by atoms with Gasteiger partial charge in [0.15, 0.2) is 11.9 Å². The van der Waals surface area contributed by atoms with Gasteiger partial charge in [-0.25, -0.2) is 4.79 Å². The highest BCUT2D eigenvalue weighted by Crippen LogP contribution is 2.32. The van der Waals surface area contributed by atoms with Crippen LogP contribution in [-0.4, -0.2) is 17.2 Å². The normalized spacial score (nSPS) is 12.2. The molecule has 0 aliphatic rings. The number of aliphatic carboxylic acids is 1. The molecule has 0 fully saturated rings. The zero-order chi connectivity index (χ0) is 10.7. The highest BCUT2D eigenvalue weighted by atomic mass is 35.5. The molecule has 1 N–H and O–H groups in total. The molecule has 0 spiro atoms. The van der Waals surface area contributed by atoms with Crippen LogP contribution < -0.4 is 4.74 Å². The molecule has 76 valence electrons. The highest BCUT2D eigenvalue weighted by Gasteiger charge is 2.16. The van der Waals surface area contributed by atoms with E-state index in [1.54, 1.807) is 18.2 Å². The van der Waals surface area contributed by atoms with E-state index < -0.39 is 12.1 Å². The van der Waals surface area contributed by atoms with Crippen molar-refractivity contribution in [3.63, 3.8) is 0 Å². The molecule has 0 bridgehead atoms. The Bertz CT molecular complexity index is 332. The summed E-state index contributed by atoms with van der Waals surface area (Å²) in [5.74, 6) is -0.869. The van der Waals surface area contributed by atoms with E-state index in [0.29, 0.717) is 10.0 Å². The first-order valence-corrected chi connectivity index (χ1v) is 4.61. The van der Waals surface area contributed by atoms with E-state index in [1.807, 2.05) is 0 Å². The van der Waals surface area contributed by atoms with Crippen molar-refractivity contribution in [2.24, 2.45) is 0 Å². The minimum Gasteiger partial charge on any atom is -0.479 e. The van der Waals surface area contributed by atoms with Crippen molar-refractivity contribution in [3.8, 4) is 5.75 Å². The summed E-state index contributed by atoms with van der Waals surface area (Å²) in [5.41, 5.74) is 0. The van der Waals surface area contributed by atoms with Crippen LogP contribution >= 0.6 is 23.2 Å². The Hall–Kier alpha value is -0.930. The number of carboxylic acids is 1. The third kappa shape index (κ3) is 2.53. The third-order valence-electron chi connectivity index (χ3n) is 1.56. The average Bonchev–Trinajstić information content (AvgIpc) is 2.11. The maximum Gasteiger partial charge on any atom is 0.344 e. The van der Waals surface area contributed by atoms with Gasteiger partial charge in [-0.2, -0.15) is 0 Å². The van der Waals surface area contributed by atoms with Gasteiger partial charge in [0, 0.05) is 0 Å². The lowest BCUT2D eigenvalue weighted by Gasteiger charge is -2.12. The molecular weight excluding hydrogens is 227 g/mol. The van der Waals surface area contributed by atoms with E-state index in [0.717, 1.165) is 0 Å². The van der Waals surface area contributed by atoms with E-state index in [-0.39, 0.29) is 5.75 Å². The average molecular weight is 235 g/mol. The van der Waals surface area contributed by atoms with Crippen LogP contribution in [0.15, 0.2) is 18.2 Å². The van der Waals surface area contributed by atoms with Crippen LogP contribution in [0, 0.1) is 0 Å². The zero-order valence-corrected chi connectivity index (χ0v) is 8.84. The van der Waals surface area contributed by atoms with Crippen molar-refractivity contribution < 1.29 is 14.6 Å². The van der Waals surface area contributed by atoms with Gasteiger partial charge < -0.3 is 9.84 Å². The molecule has 1 atom stereocenters. The molecular formula is C9H8Cl2O3. The van der Waals surface area contributed by atoms with Gasteiger partial charge in [-0.3, -0.25) is 0 Å². The smallest absolute Gasteiger partial charge is 0.344 e. The van der Waals surface area contributed by atoms with Gasteiger partial charge in [-0.05, 0) is 19.1 Å². The molecule has 14 heavy (non-hydrogen) atoms. The molecule has 0 amide bonds. The molecule has 1 aromatic rings. The lowest BCUT2D eigenvalue weighted by atomic mass is 10.3. The van der Waals surface area contributed by atoms with Crippen molar-refractivity contribution in [1.82, 2.24) is 0 Å². The Labute approximate surface area is 91.2 Å². The van der Waals surface area contributed by atoms with Crippen LogP contribution in [0.5, 0.6) is 5.75 Å². The number of rotatable bonds is 3. The van der Waals surface area contributed by atoms with Gasteiger partial charge in [0.05, 0.1) is 10.0 Å². The van der Waals surface area contributed by atoms with Gasteiger partial charge in [0.25, 0.3) is 0 Å². The Balaban J connectivity index is 2.91. The van der Waals surface area contributed by atoms with Crippen LogP contribution in [-0.2, 0) is 4.79 Å². The standard InChI is InChI=1S/C9H8Cl2O3/c1-5(9(12)13)14-8-6(10)3-2-4-7(8)11/h2-5H,1H3,(H,12,13)/t5-/m1/s1. The SMILES string of the molecule is C[C@@H](Oc1c(Cl)cccc1Cl)C(=O)O. The van der Waals surface area contributed by atoms with Crippen LogP contribution in [0.4, 0.5) is 0 Å². The quantitative estimate of drug-likeness (QED) is 0.876. The summed E-state index contributed by atoms with van der Waals surface area (Å²) in [6.45, 7) is 1.40. The summed E-state index contributed by atoms with van der Waals surface area (Å²) in [5, 5.41) is 9.21. The molecule has 5 heteroatoms. The molecule has 1 aromatic carbocycles. The second-order valence-electron chi connectivity index (χ2n) is 2.65. The first kappa shape index (κ1) is 11.1. The summed E-state index contributed by atoms with van der Waals surface area (Å²) in [4.78, 5) is 10.5. The Morgan fingerprint density at radius 1 is 1.43 bits per heavy atom. The second-order valence-corrected chi connectivity index (χ2v) is 3.46. The number of carboxylic acid groups (broad SMARTS) is 1. The summed E-state index contributed by atoms with van der Waals surface area (Å²) in [6, 6.07) is 4.82. The number of hydrogen-bond acceptors (Lipinski definition) is 2. The fourth-order valence-electron chi connectivity index (χ4n) is 0.822. The number of halogens is 2. The number of hydrogen-bond donors (Lipinski definition) is 1. The lowest BCUT2D eigenvalue weighted by molar-refractivity contribution is -0.144. The molecule has 0 radical (unpaired) electrons. The van der Waals surface area contributed by atoms with Crippen molar-refractivity contribution >= 4 is 29.2 Å². The number of benzene rings is 1. The van der Waals surface area contributed by atoms with E-state index in [1.165, 1.54) is 6.92 Å².